The van der Waals surface area contributed by atoms with Crippen LogP contribution in [-0.4, -0.2) is 18.5 Å². The first-order valence-electron chi connectivity index (χ1n) is 6.08. The van der Waals surface area contributed by atoms with Crippen molar-refractivity contribution >= 4 is 5.91 Å². The minimum atomic E-state index is 0.0407. The van der Waals surface area contributed by atoms with Gasteiger partial charge in [0.2, 0.25) is 5.91 Å². The average molecular weight is 234 g/mol. The Bertz CT molecular complexity index is 357. The fourth-order valence-electron chi connectivity index (χ4n) is 1.59. The first-order valence-corrected chi connectivity index (χ1v) is 6.08. The third-order valence-corrected chi connectivity index (χ3v) is 2.60. The van der Waals surface area contributed by atoms with Crippen molar-refractivity contribution in [3.8, 4) is 0 Å². The van der Waals surface area contributed by atoms with Crippen molar-refractivity contribution in [2.75, 3.05) is 6.54 Å². The molecule has 1 amide bonds. The van der Waals surface area contributed by atoms with Gasteiger partial charge in [-0.15, -0.1) is 0 Å². The second-order valence-corrected chi connectivity index (χ2v) is 4.74. The van der Waals surface area contributed by atoms with Gasteiger partial charge < -0.3 is 10.6 Å². The summed E-state index contributed by atoms with van der Waals surface area (Å²) >= 11 is 0. The molecule has 3 nitrogen and oxygen atoms in total. The van der Waals surface area contributed by atoms with Crippen LogP contribution in [0.25, 0.3) is 0 Å². The number of rotatable bonds is 5. The molecule has 0 heterocycles. The smallest absolute Gasteiger partial charge is 0.234 e. The molecule has 0 radical (unpaired) electrons. The van der Waals surface area contributed by atoms with Crippen LogP contribution >= 0.6 is 0 Å². The van der Waals surface area contributed by atoms with Crippen molar-refractivity contribution in [2.24, 2.45) is 0 Å². The molecule has 0 saturated carbocycles. The molecule has 0 bridgehead atoms. The van der Waals surface area contributed by atoms with Gasteiger partial charge in [0.15, 0.2) is 0 Å². The van der Waals surface area contributed by atoms with E-state index in [1.165, 1.54) is 11.1 Å². The van der Waals surface area contributed by atoms with E-state index in [9.17, 15) is 4.79 Å². The summed E-state index contributed by atoms with van der Waals surface area (Å²) in [4.78, 5) is 11.5. The molecular weight excluding hydrogens is 212 g/mol. The molecule has 0 spiro atoms. The van der Waals surface area contributed by atoms with E-state index in [0.29, 0.717) is 6.54 Å². The number of carbonyl (C=O) groups is 1. The van der Waals surface area contributed by atoms with Crippen LogP contribution in [0.15, 0.2) is 24.3 Å². The van der Waals surface area contributed by atoms with E-state index in [4.69, 9.17) is 0 Å². The van der Waals surface area contributed by atoms with Crippen LogP contribution in [0.3, 0.4) is 0 Å². The van der Waals surface area contributed by atoms with Crippen molar-refractivity contribution in [3.63, 3.8) is 0 Å². The SMILES string of the molecule is Cc1ccc([C@H](C)NCC(=O)NC(C)C)cc1. The molecule has 1 aromatic carbocycles. The maximum absolute atomic E-state index is 11.5. The summed E-state index contributed by atoms with van der Waals surface area (Å²) in [5.41, 5.74) is 2.45. The van der Waals surface area contributed by atoms with Gasteiger partial charge in [-0.2, -0.15) is 0 Å². The van der Waals surface area contributed by atoms with Gasteiger partial charge in [0.25, 0.3) is 0 Å². The van der Waals surface area contributed by atoms with Gasteiger partial charge >= 0.3 is 0 Å². The van der Waals surface area contributed by atoms with Crippen LogP contribution in [0.2, 0.25) is 0 Å². The molecule has 94 valence electrons. The molecule has 3 heteroatoms. The summed E-state index contributed by atoms with van der Waals surface area (Å²) in [6.07, 6.45) is 0. The van der Waals surface area contributed by atoms with Crippen LogP contribution in [0.1, 0.15) is 37.9 Å². The van der Waals surface area contributed by atoms with Gasteiger partial charge in [0.05, 0.1) is 6.54 Å². The molecule has 0 aliphatic rings. The second-order valence-electron chi connectivity index (χ2n) is 4.74. The zero-order chi connectivity index (χ0) is 12.8. The Morgan fingerprint density at radius 2 is 1.76 bits per heavy atom. The summed E-state index contributed by atoms with van der Waals surface area (Å²) in [7, 11) is 0. The lowest BCUT2D eigenvalue weighted by Crippen LogP contribution is -2.38. The van der Waals surface area contributed by atoms with Crippen LogP contribution in [-0.2, 0) is 4.79 Å². The van der Waals surface area contributed by atoms with Gasteiger partial charge in [0.1, 0.15) is 0 Å². The Morgan fingerprint density at radius 1 is 1.18 bits per heavy atom. The van der Waals surface area contributed by atoms with Crippen molar-refractivity contribution < 1.29 is 4.79 Å². The number of amides is 1. The molecule has 0 saturated heterocycles. The van der Waals surface area contributed by atoms with Crippen molar-refractivity contribution in [1.82, 2.24) is 10.6 Å². The molecule has 0 aliphatic heterocycles. The molecule has 17 heavy (non-hydrogen) atoms. The Hall–Kier alpha value is -1.35. The Kier molecular flexibility index (Phi) is 5.16. The number of carbonyl (C=O) groups excluding carboxylic acids is 1. The summed E-state index contributed by atoms with van der Waals surface area (Å²) in [5.74, 6) is 0.0407. The highest BCUT2D eigenvalue weighted by molar-refractivity contribution is 5.78. The lowest BCUT2D eigenvalue weighted by atomic mass is 10.1. The van der Waals surface area contributed by atoms with Gasteiger partial charge in [-0.05, 0) is 33.3 Å². The van der Waals surface area contributed by atoms with Crippen LogP contribution < -0.4 is 10.6 Å². The highest BCUT2D eigenvalue weighted by Gasteiger charge is 2.07. The predicted molar refractivity (Wildman–Crippen MR) is 70.9 cm³/mol. The molecule has 1 aromatic rings. The maximum atomic E-state index is 11.5. The predicted octanol–water partition coefficient (Wildman–Crippen LogP) is 2.17. The topological polar surface area (TPSA) is 41.1 Å². The van der Waals surface area contributed by atoms with E-state index in [2.05, 4.69) is 48.7 Å². The highest BCUT2D eigenvalue weighted by atomic mass is 16.1. The fraction of sp³-hybridized carbons (Fsp3) is 0.500. The lowest BCUT2D eigenvalue weighted by Gasteiger charge is -2.15. The number of benzene rings is 1. The summed E-state index contributed by atoms with van der Waals surface area (Å²) < 4.78 is 0. The minimum absolute atomic E-state index is 0.0407. The Morgan fingerprint density at radius 3 is 2.29 bits per heavy atom. The largest absolute Gasteiger partial charge is 0.353 e. The molecular formula is C14H22N2O. The maximum Gasteiger partial charge on any atom is 0.234 e. The van der Waals surface area contributed by atoms with E-state index in [0.717, 1.165) is 0 Å². The highest BCUT2D eigenvalue weighted by Crippen LogP contribution is 2.12. The first kappa shape index (κ1) is 13.7. The number of aryl methyl sites for hydroxylation is 1. The quantitative estimate of drug-likeness (QED) is 0.820. The van der Waals surface area contributed by atoms with Gasteiger partial charge in [-0.1, -0.05) is 29.8 Å². The molecule has 1 atom stereocenters. The van der Waals surface area contributed by atoms with Gasteiger partial charge in [-0.25, -0.2) is 0 Å². The van der Waals surface area contributed by atoms with Crippen LogP contribution in [0, 0.1) is 6.92 Å². The fourth-order valence-corrected chi connectivity index (χ4v) is 1.59. The van der Waals surface area contributed by atoms with Crippen molar-refractivity contribution in [2.45, 2.75) is 39.8 Å². The van der Waals surface area contributed by atoms with Gasteiger partial charge in [-0.3, -0.25) is 4.79 Å². The van der Waals surface area contributed by atoms with E-state index in [-0.39, 0.29) is 18.0 Å². The monoisotopic (exact) mass is 234 g/mol. The number of hydrogen-bond donors (Lipinski definition) is 2. The van der Waals surface area contributed by atoms with Gasteiger partial charge in [0, 0.05) is 12.1 Å². The number of nitrogens with one attached hydrogen (secondary N) is 2. The van der Waals surface area contributed by atoms with Crippen LogP contribution in [0.5, 0.6) is 0 Å². The number of hydrogen-bond acceptors (Lipinski definition) is 2. The van der Waals surface area contributed by atoms with Crippen molar-refractivity contribution in [3.05, 3.63) is 35.4 Å². The molecule has 0 aromatic heterocycles. The average Bonchev–Trinajstić information content (AvgIpc) is 2.26. The zero-order valence-electron chi connectivity index (χ0n) is 11.1. The summed E-state index contributed by atoms with van der Waals surface area (Å²) in [6, 6.07) is 8.73. The lowest BCUT2D eigenvalue weighted by molar-refractivity contribution is -0.120. The normalized spacial score (nSPS) is 12.5. The molecule has 0 aliphatic carbocycles. The van der Waals surface area contributed by atoms with E-state index < -0.39 is 0 Å². The second kappa shape index (κ2) is 6.40. The molecule has 0 unspecified atom stereocenters. The summed E-state index contributed by atoms with van der Waals surface area (Å²) in [6.45, 7) is 8.40. The standard InChI is InChI=1S/C14H22N2O/c1-10(2)16-14(17)9-15-12(4)13-7-5-11(3)6-8-13/h5-8,10,12,15H,9H2,1-4H3,(H,16,17)/t12-/m0/s1. The Labute approximate surface area is 104 Å². The van der Waals surface area contributed by atoms with E-state index >= 15 is 0 Å². The molecule has 1 rings (SSSR count). The molecule has 0 fully saturated rings. The summed E-state index contributed by atoms with van der Waals surface area (Å²) in [5, 5.41) is 6.07. The Balaban J connectivity index is 2.42. The minimum Gasteiger partial charge on any atom is -0.353 e. The third-order valence-electron chi connectivity index (χ3n) is 2.60. The van der Waals surface area contributed by atoms with Crippen LogP contribution in [0.4, 0.5) is 0 Å². The zero-order valence-corrected chi connectivity index (χ0v) is 11.1. The van der Waals surface area contributed by atoms with E-state index in [1.807, 2.05) is 13.8 Å². The first-order chi connectivity index (χ1) is 7.99. The molecule has 2 N–H and O–H groups in total. The van der Waals surface area contributed by atoms with Crippen molar-refractivity contribution in [1.29, 1.82) is 0 Å². The van der Waals surface area contributed by atoms with E-state index in [1.54, 1.807) is 0 Å². The third kappa shape index (κ3) is 5.00.